The number of carbonyl (C=O) groups excluding carboxylic acids is 1. The Kier molecular flexibility index (Phi) is 2.59. The first-order valence-electron chi connectivity index (χ1n) is 4.78. The minimum absolute atomic E-state index is 0.0248. The van der Waals surface area contributed by atoms with E-state index in [1.807, 2.05) is 0 Å². The van der Waals surface area contributed by atoms with Crippen molar-refractivity contribution in [2.24, 2.45) is 5.92 Å². The molecule has 0 bridgehead atoms. The van der Waals surface area contributed by atoms with E-state index in [1.165, 1.54) is 12.1 Å². The van der Waals surface area contributed by atoms with E-state index < -0.39 is 0 Å². The minimum Gasteiger partial charge on any atom is -0.316 e. The van der Waals surface area contributed by atoms with Gasteiger partial charge in [0.2, 0.25) is 0 Å². The molecule has 1 saturated heterocycles. The summed E-state index contributed by atoms with van der Waals surface area (Å²) in [7, 11) is 0. The summed E-state index contributed by atoms with van der Waals surface area (Å²) < 4.78 is 12.8. The van der Waals surface area contributed by atoms with E-state index in [9.17, 15) is 9.18 Å². The Bertz CT molecular complexity index is 345. The molecule has 3 heteroatoms. The lowest BCUT2D eigenvalue weighted by atomic mass is 9.97. The summed E-state index contributed by atoms with van der Waals surface area (Å²) in [4.78, 5) is 11.8. The van der Waals surface area contributed by atoms with Crippen molar-refractivity contribution in [2.45, 2.75) is 6.42 Å². The highest BCUT2D eigenvalue weighted by molar-refractivity contribution is 5.98. The van der Waals surface area contributed by atoms with Gasteiger partial charge in [-0.1, -0.05) is 12.1 Å². The number of halogens is 1. The second-order valence-corrected chi connectivity index (χ2v) is 3.56. The number of hydrogen-bond acceptors (Lipinski definition) is 2. The summed E-state index contributed by atoms with van der Waals surface area (Å²) in [5.41, 5.74) is 0.485. The molecular weight excluding hydrogens is 181 g/mol. The Hall–Kier alpha value is -1.22. The van der Waals surface area contributed by atoms with Crippen molar-refractivity contribution >= 4 is 5.78 Å². The molecule has 74 valence electrons. The first kappa shape index (κ1) is 9.34. The lowest BCUT2D eigenvalue weighted by Crippen LogP contribution is -2.17. The number of ketones is 1. The smallest absolute Gasteiger partial charge is 0.167 e. The molecule has 0 spiro atoms. The largest absolute Gasteiger partial charge is 0.316 e. The molecule has 1 atom stereocenters. The van der Waals surface area contributed by atoms with Crippen molar-refractivity contribution in [1.82, 2.24) is 5.32 Å². The van der Waals surface area contributed by atoms with E-state index in [1.54, 1.807) is 12.1 Å². The van der Waals surface area contributed by atoms with Crippen molar-refractivity contribution in [1.29, 1.82) is 0 Å². The molecule has 0 unspecified atom stereocenters. The zero-order chi connectivity index (χ0) is 9.97. The molecule has 2 nitrogen and oxygen atoms in total. The summed E-state index contributed by atoms with van der Waals surface area (Å²) in [6.07, 6.45) is 0.856. The number of hydrogen-bond donors (Lipinski definition) is 1. The molecule has 1 N–H and O–H groups in total. The number of carbonyl (C=O) groups is 1. The molecule has 0 aromatic heterocycles. The summed E-state index contributed by atoms with van der Waals surface area (Å²) >= 11 is 0. The van der Waals surface area contributed by atoms with Crippen LogP contribution < -0.4 is 5.32 Å². The van der Waals surface area contributed by atoms with Crippen molar-refractivity contribution < 1.29 is 9.18 Å². The van der Waals surface area contributed by atoms with Crippen LogP contribution in [-0.2, 0) is 0 Å². The number of benzene rings is 1. The highest BCUT2D eigenvalue weighted by Gasteiger charge is 2.23. The molecule has 1 aromatic rings. The zero-order valence-corrected chi connectivity index (χ0v) is 7.79. The first-order chi connectivity index (χ1) is 6.77. The van der Waals surface area contributed by atoms with Gasteiger partial charge in [-0.3, -0.25) is 4.79 Å². The van der Waals surface area contributed by atoms with Crippen LogP contribution in [0.3, 0.4) is 0 Å². The van der Waals surface area contributed by atoms with Crippen LogP contribution in [0.25, 0.3) is 0 Å². The van der Waals surface area contributed by atoms with Crippen LogP contribution >= 0.6 is 0 Å². The number of nitrogens with one attached hydrogen (secondary N) is 1. The number of Topliss-reactive ketones (excluding diaryl/α,β-unsaturated/α-hetero) is 1. The monoisotopic (exact) mass is 193 g/mol. The Morgan fingerprint density at radius 1 is 1.50 bits per heavy atom. The summed E-state index contributed by atoms with van der Waals surface area (Å²) in [6, 6.07) is 5.90. The highest BCUT2D eigenvalue weighted by Crippen LogP contribution is 2.15. The Morgan fingerprint density at radius 2 is 2.36 bits per heavy atom. The molecule has 0 amide bonds. The Labute approximate surface area is 82.1 Å². The fourth-order valence-corrected chi connectivity index (χ4v) is 1.76. The van der Waals surface area contributed by atoms with Crippen LogP contribution in [-0.4, -0.2) is 18.9 Å². The molecule has 1 fully saturated rings. The molecule has 0 aliphatic carbocycles. The third-order valence-electron chi connectivity index (χ3n) is 2.54. The predicted octanol–water partition coefficient (Wildman–Crippen LogP) is 1.62. The van der Waals surface area contributed by atoms with Crippen LogP contribution in [0.4, 0.5) is 4.39 Å². The molecule has 14 heavy (non-hydrogen) atoms. The van der Waals surface area contributed by atoms with Gasteiger partial charge in [0.1, 0.15) is 5.82 Å². The van der Waals surface area contributed by atoms with E-state index in [0.717, 1.165) is 19.5 Å². The van der Waals surface area contributed by atoms with Crippen molar-refractivity contribution in [3.05, 3.63) is 35.6 Å². The summed E-state index contributed by atoms with van der Waals surface area (Å²) in [5.74, 6) is -0.270. The van der Waals surface area contributed by atoms with Crippen LogP contribution in [0.2, 0.25) is 0 Å². The minimum atomic E-state index is -0.346. The maximum absolute atomic E-state index is 12.8. The van der Waals surface area contributed by atoms with Crippen molar-refractivity contribution in [2.75, 3.05) is 13.1 Å². The average Bonchev–Trinajstić information content (AvgIpc) is 2.69. The van der Waals surface area contributed by atoms with Gasteiger partial charge < -0.3 is 5.32 Å². The molecule has 1 aliphatic heterocycles. The molecule has 1 aliphatic rings. The summed E-state index contributed by atoms with van der Waals surface area (Å²) in [5, 5.41) is 3.12. The highest BCUT2D eigenvalue weighted by atomic mass is 19.1. The predicted molar refractivity (Wildman–Crippen MR) is 51.7 cm³/mol. The fraction of sp³-hybridized carbons (Fsp3) is 0.364. The van der Waals surface area contributed by atoms with E-state index in [4.69, 9.17) is 0 Å². The van der Waals surface area contributed by atoms with Gasteiger partial charge >= 0.3 is 0 Å². The van der Waals surface area contributed by atoms with Gasteiger partial charge in [-0.25, -0.2) is 4.39 Å². The third-order valence-corrected chi connectivity index (χ3v) is 2.54. The van der Waals surface area contributed by atoms with Crippen molar-refractivity contribution in [3.8, 4) is 0 Å². The first-order valence-corrected chi connectivity index (χ1v) is 4.78. The van der Waals surface area contributed by atoms with E-state index in [2.05, 4.69) is 5.32 Å². The molecule has 1 heterocycles. The zero-order valence-electron chi connectivity index (χ0n) is 7.79. The quantitative estimate of drug-likeness (QED) is 0.723. The number of rotatable bonds is 2. The van der Waals surface area contributed by atoms with Crippen LogP contribution in [0.15, 0.2) is 24.3 Å². The van der Waals surface area contributed by atoms with E-state index >= 15 is 0 Å². The SMILES string of the molecule is O=C(c1cccc(F)c1)[C@H]1CCNC1. The molecule has 0 radical (unpaired) electrons. The lowest BCUT2D eigenvalue weighted by molar-refractivity contribution is 0.0930. The van der Waals surface area contributed by atoms with Gasteiger partial charge in [0.15, 0.2) is 5.78 Å². The van der Waals surface area contributed by atoms with Gasteiger partial charge in [-0.2, -0.15) is 0 Å². The van der Waals surface area contributed by atoms with Gasteiger partial charge in [0.05, 0.1) is 0 Å². The van der Waals surface area contributed by atoms with Gasteiger partial charge in [0.25, 0.3) is 0 Å². The van der Waals surface area contributed by atoms with E-state index in [-0.39, 0.29) is 17.5 Å². The van der Waals surface area contributed by atoms with Gasteiger partial charge in [0, 0.05) is 18.0 Å². The topological polar surface area (TPSA) is 29.1 Å². The molecule has 1 aromatic carbocycles. The fourth-order valence-electron chi connectivity index (χ4n) is 1.76. The lowest BCUT2D eigenvalue weighted by Gasteiger charge is -2.06. The Balaban J connectivity index is 2.17. The van der Waals surface area contributed by atoms with Crippen molar-refractivity contribution in [3.63, 3.8) is 0 Å². The normalized spacial score (nSPS) is 21.1. The maximum atomic E-state index is 12.8. The van der Waals surface area contributed by atoms with Crippen LogP contribution in [0, 0.1) is 11.7 Å². The molecular formula is C11H12FNO. The van der Waals surface area contributed by atoms with Crippen LogP contribution in [0.1, 0.15) is 16.8 Å². The molecule has 2 rings (SSSR count). The van der Waals surface area contributed by atoms with E-state index in [0.29, 0.717) is 5.56 Å². The molecule has 0 saturated carbocycles. The van der Waals surface area contributed by atoms with Gasteiger partial charge in [-0.15, -0.1) is 0 Å². The average molecular weight is 193 g/mol. The second kappa shape index (κ2) is 3.88. The standard InChI is InChI=1S/C11H12FNO/c12-10-3-1-2-8(6-10)11(14)9-4-5-13-7-9/h1-3,6,9,13H,4-5,7H2/t9-/m0/s1. The third kappa shape index (κ3) is 1.82. The van der Waals surface area contributed by atoms with Gasteiger partial charge in [-0.05, 0) is 25.1 Å². The summed E-state index contributed by atoms with van der Waals surface area (Å²) in [6.45, 7) is 1.60. The maximum Gasteiger partial charge on any atom is 0.167 e. The second-order valence-electron chi connectivity index (χ2n) is 3.56. The Morgan fingerprint density at radius 3 is 3.00 bits per heavy atom. The van der Waals surface area contributed by atoms with Crippen LogP contribution in [0.5, 0.6) is 0 Å².